The van der Waals surface area contributed by atoms with E-state index in [0.29, 0.717) is 0 Å². The van der Waals surface area contributed by atoms with Gasteiger partial charge in [-0.05, 0) is 110 Å². The van der Waals surface area contributed by atoms with Gasteiger partial charge in [0, 0.05) is 39.1 Å². The molecule has 0 amide bonds. The van der Waals surface area contributed by atoms with Gasteiger partial charge in [0.1, 0.15) is 0 Å². The first kappa shape index (κ1) is 30.5. The molecule has 0 saturated heterocycles. The van der Waals surface area contributed by atoms with Gasteiger partial charge in [0.25, 0.3) is 0 Å². The SMILES string of the molecule is c1ccc(-c2cc3cccc4c3c3c5c(cccc5n(-c5ccc(-c6ccc(N(c7ccccc7)c7ccccc7)cc6)cc5)c23)-c2ccccc2-4)cc1. The zero-order valence-electron chi connectivity index (χ0n) is 29.5. The molecule has 10 aromatic rings. The summed E-state index contributed by atoms with van der Waals surface area (Å²) in [6.45, 7) is 0. The molecule has 0 atom stereocenters. The predicted molar refractivity (Wildman–Crippen MR) is 228 cm³/mol. The summed E-state index contributed by atoms with van der Waals surface area (Å²) in [5.74, 6) is 0. The predicted octanol–water partition coefficient (Wildman–Crippen LogP) is 14.4. The maximum atomic E-state index is 2.51. The number of para-hydroxylation sites is 2. The Kier molecular flexibility index (Phi) is 6.90. The average molecular weight is 687 g/mol. The molecular weight excluding hydrogens is 653 g/mol. The minimum absolute atomic E-state index is 1.12. The van der Waals surface area contributed by atoms with Crippen molar-refractivity contribution < 1.29 is 0 Å². The second kappa shape index (κ2) is 12.2. The zero-order valence-corrected chi connectivity index (χ0v) is 29.5. The van der Waals surface area contributed by atoms with Crippen molar-refractivity contribution in [3.8, 4) is 50.2 Å². The smallest absolute Gasteiger partial charge is 0.0626 e. The topological polar surface area (TPSA) is 8.17 Å². The van der Waals surface area contributed by atoms with Crippen LogP contribution in [-0.4, -0.2) is 4.57 Å². The molecule has 1 aromatic heterocycles. The van der Waals surface area contributed by atoms with Crippen LogP contribution in [0.2, 0.25) is 0 Å². The Bertz CT molecular complexity index is 2960. The molecule has 54 heavy (non-hydrogen) atoms. The van der Waals surface area contributed by atoms with E-state index in [1.807, 2.05) is 0 Å². The molecule has 0 N–H and O–H groups in total. The highest BCUT2D eigenvalue weighted by atomic mass is 15.1. The number of anilines is 3. The maximum Gasteiger partial charge on any atom is 0.0626 e. The number of hydrogen-bond acceptors (Lipinski definition) is 1. The van der Waals surface area contributed by atoms with E-state index in [1.54, 1.807) is 0 Å². The number of hydrogen-bond donors (Lipinski definition) is 0. The van der Waals surface area contributed by atoms with Gasteiger partial charge in [-0.1, -0.05) is 146 Å². The molecule has 0 radical (unpaired) electrons. The third kappa shape index (κ3) is 4.67. The van der Waals surface area contributed by atoms with Gasteiger partial charge in [-0.3, -0.25) is 0 Å². The van der Waals surface area contributed by atoms with Crippen LogP contribution in [0.5, 0.6) is 0 Å². The lowest BCUT2D eigenvalue weighted by Crippen LogP contribution is -2.09. The number of fused-ring (bicyclic) bond motifs is 3. The molecule has 2 nitrogen and oxygen atoms in total. The molecule has 9 aromatic carbocycles. The zero-order chi connectivity index (χ0) is 35.6. The fourth-order valence-electron chi connectivity index (χ4n) is 8.75. The van der Waals surface area contributed by atoms with Crippen molar-refractivity contribution in [3.63, 3.8) is 0 Å². The second-order valence-electron chi connectivity index (χ2n) is 14.1. The van der Waals surface area contributed by atoms with E-state index in [2.05, 4.69) is 216 Å². The van der Waals surface area contributed by atoms with Crippen molar-refractivity contribution in [2.75, 3.05) is 4.90 Å². The molecule has 2 heteroatoms. The highest BCUT2D eigenvalue weighted by Crippen LogP contribution is 2.51. The lowest BCUT2D eigenvalue weighted by atomic mass is 9.91. The Morgan fingerprint density at radius 1 is 0.315 bits per heavy atom. The number of benzene rings is 9. The van der Waals surface area contributed by atoms with E-state index >= 15 is 0 Å². The quantitative estimate of drug-likeness (QED) is 0.169. The third-order valence-corrected chi connectivity index (χ3v) is 11.1. The van der Waals surface area contributed by atoms with Crippen LogP contribution in [-0.2, 0) is 0 Å². The van der Waals surface area contributed by atoms with Crippen LogP contribution in [0.1, 0.15) is 0 Å². The van der Waals surface area contributed by atoms with E-state index in [0.717, 1.165) is 22.7 Å². The third-order valence-electron chi connectivity index (χ3n) is 11.1. The highest BCUT2D eigenvalue weighted by molar-refractivity contribution is 6.32. The van der Waals surface area contributed by atoms with Crippen LogP contribution in [0.25, 0.3) is 82.8 Å². The largest absolute Gasteiger partial charge is 0.311 e. The monoisotopic (exact) mass is 686 g/mol. The molecule has 0 spiro atoms. The molecule has 0 unspecified atom stereocenters. The van der Waals surface area contributed by atoms with Gasteiger partial charge in [-0.15, -0.1) is 0 Å². The molecule has 0 bridgehead atoms. The van der Waals surface area contributed by atoms with Crippen molar-refractivity contribution in [2.24, 2.45) is 0 Å². The first-order valence-electron chi connectivity index (χ1n) is 18.6. The summed E-state index contributed by atoms with van der Waals surface area (Å²) in [6.07, 6.45) is 0. The minimum Gasteiger partial charge on any atom is -0.311 e. The Morgan fingerprint density at radius 3 is 1.44 bits per heavy atom. The average Bonchev–Trinajstić information content (AvgIpc) is 3.54. The van der Waals surface area contributed by atoms with Crippen molar-refractivity contribution in [2.45, 2.75) is 0 Å². The van der Waals surface area contributed by atoms with Crippen molar-refractivity contribution in [1.29, 1.82) is 0 Å². The van der Waals surface area contributed by atoms with E-state index < -0.39 is 0 Å². The molecule has 252 valence electrons. The van der Waals surface area contributed by atoms with Crippen LogP contribution < -0.4 is 4.90 Å². The fraction of sp³-hybridized carbons (Fsp3) is 0. The van der Waals surface area contributed by atoms with Gasteiger partial charge in [-0.2, -0.15) is 0 Å². The Hall–Kier alpha value is -7.16. The van der Waals surface area contributed by atoms with Gasteiger partial charge in [-0.25, -0.2) is 0 Å². The summed E-state index contributed by atoms with van der Waals surface area (Å²) < 4.78 is 2.51. The summed E-state index contributed by atoms with van der Waals surface area (Å²) in [6, 6.07) is 75.0. The van der Waals surface area contributed by atoms with E-state index in [1.165, 1.54) is 77.1 Å². The molecule has 1 aliphatic rings. The van der Waals surface area contributed by atoms with Gasteiger partial charge in [0.05, 0.1) is 11.0 Å². The number of rotatable bonds is 6. The van der Waals surface area contributed by atoms with Crippen LogP contribution in [0.3, 0.4) is 0 Å². The summed E-state index contributed by atoms with van der Waals surface area (Å²) in [7, 11) is 0. The maximum absolute atomic E-state index is 2.51. The molecule has 0 aliphatic heterocycles. The first-order chi connectivity index (χ1) is 26.8. The fourth-order valence-corrected chi connectivity index (χ4v) is 8.75. The molecular formula is C52H34N2. The highest BCUT2D eigenvalue weighted by Gasteiger charge is 2.26. The van der Waals surface area contributed by atoms with Crippen molar-refractivity contribution in [3.05, 3.63) is 206 Å². The van der Waals surface area contributed by atoms with E-state index in [-0.39, 0.29) is 0 Å². The first-order valence-corrected chi connectivity index (χ1v) is 18.6. The standard InChI is InChI=1S/C52H34N2/c1-4-14-37(15-5-1)47-34-38-16-12-23-45-43-21-10-11-22-44(43)46-24-13-25-48-50(46)51(49(38)45)52(47)54(48)42-32-28-36(29-33-42)35-26-30-41(31-27-35)53(39-17-6-2-7-18-39)40-19-8-3-9-20-40/h1-34H. The summed E-state index contributed by atoms with van der Waals surface area (Å²) in [5, 5.41) is 5.23. The summed E-state index contributed by atoms with van der Waals surface area (Å²) in [5.41, 5.74) is 17.0. The Balaban J connectivity index is 1.09. The normalized spacial score (nSPS) is 11.7. The van der Waals surface area contributed by atoms with Crippen molar-refractivity contribution in [1.82, 2.24) is 4.57 Å². The Labute approximate surface area is 314 Å². The van der Waals surface area contributed by atoms with Crippen molar-refractivity contribution >= 4 is 49.6 Å². The molecule has 1 heterocycles. The van der Waals surface area contributed by atoms with E-state index in [4.69, 9.17) is 0 Å². The van der Waals surface area contributed by atoms with Crippen LogP contribution in [0.4, 0.5) is 17.1 Å². The molecule has 0 saturated carbocycles. The van der Waals surface area contributed by atoms with Gasteiger partial charge in [0.2, 0.25) is 0 Å². The molecule has 1 aliphatic carbocycles. The van der Waals surface area contributed by atoms with Gasteiger partial charge < -0.3 is 9.47 Å². The molecule has 0 fully saturated rings. The van der Waals surface area contributed by atoms with E-state index in [9.17, 15) is 0 Å². The summed E-state index contributed by atoms with van der Waals surface area (Å²) >= 11 is 0. The van der Waals surface area contributed by atoms with Gasteiger partial charge >= 0.3 is 0 Å². The molecule has 11 rings (SSSR count). The summed E-state index contributed by atoms with van der Waals surface area (Å²) in [4.78, 5) is 2.30. The van der Waals surface area contributed by atoms with Crippen LogP contribution >= 0.6 is 0 Å². The number of nitrogens with zero attached hydrogens (tertiary/aromatic N) is 2. The van der Waals surface area contributed by atoms with Crippen LogP contribution in [0.15, 0.2) is 206 Å². The lowest BCUT2D eigenvalue weighted by Gasteiger charge is -2.25. The van der Waals surface area contributed by atoms with Gasteiger partial charge in [0.15, 0.2) is 0 Å². The van der Waals surface area contributed by atoms with Crippen LogP contribution in [0, 0.1) is 0 Å². The minimum atomic E-state index is 1.12. The number of aromatic nitrogens is 1. The second-order valence-corrected chi connectivity index (χ2v) is 14.1. The lowest BCUT2D eigenvalue weighted by molar-refractivity contribution is 1.18. The Morgan fingerprint density at radius 2 is 0.815 bits per heavy atom.